The van der Waals surface area contributed by atoms with Crippen LogP contribution < -0.4 is 21.9 Å². The number of imidazole rings is 1. The van der Waals surface area contributed by atoms with Crippen LogP contribution in [0.2, 0.25) is 0 Å². The molecule has 1 aliphatic carbocycles. The number of hydrogen-bond donors (Lipinski definition) is 2. The summed E-state index contributed by atoms with van der Waals surface area (Å²) in [6.45, 7) is 7.03. The number of nitrogens with zero attached hydrogens (tertiary/aromatic N) is 7. The minimum Gasteiger partial charge on any atom is -0.386 e. The van der Waals surface area contributed by atoms with Crippen molar-refractivity contribution in [1.82, 2.24) is 38.5 Å². The van der Waals surface area contributed by atoms with E-state index in [-0.39, 0.29) is 46.7 Å². The molecule has 2 N–H and O–H groups in total. The Morgan fingerprint density at radius 3 is 2.43 bits per heavy atom. The van der Waals surface area contributed by atoms with Crippen LogP contribution in [0.3, 0.4) is 0 Å². The first-order valence-electron chi connectivity index (χ1n) is 25.3. The maximum Gasteiger partial charge on any atom is 0.329 e. The van der Waals surface area contributed by atoms with Crippen molar-refractivity contribution < 1.29 is 23.2 Å². The van der Waals surface area contributed by atoms with Gasteiger partial charge < -0.3 is 9.88 Å². The molecule has 3 aliphatic rings. The van der Waals surface area contributed by atoms with Crippen LogP contribution in [0.15, 0.2) is 107 Å². The molecule has 0 spiro atoms. The fourth-order valence-electron chi connectivity index (χ4n) is 11.3. The SMILES string of the molecule is CNc1cc(=O)n(-c2ccnc3c2cc([C@H](C)N2CC=C(c4c(C)cc(C(=O)C=C(C)c5ccc(C6=CCCC(Cc7ccc8c(c7)n(C)c(=O)n8C7CCC(=O)NC7=O)CC6)nc5)cc4F)CC2)n3C)cc1F. The molecule has 3 atom stereocenters. The predicted octanol–water partition coefficient (Wildman–Crippen LogP) is 9.33. The fraction of sp³-hybridized carbons (Fsp3) is 0.328. The number of nitrogens with one attached hydrogen (secondary N) is 2. The molecular weight excluding hydrogens is 941 g/mol. The van der Waals surface area contributed by atoms with Crippen LogP contribution in [0.25, 0.3) is 44.5 Å². The number of aromatic nitrogens is 6. The van der Waals surface area contributed by atoms with Gasteiger partial charge in [-0.05, 0) is 154 Å². The van der Waals surface area contributed by atoms with Gasteiger partial charge in [-0.25, -0.2) is 18.6 Å². The maximum atomic E-state index is 16.1. The number of benzene rings is 2. The lowest BCUT2D eigenvalue weighted by Gasteiger charge is -2.32. The van der Waals surface area contributed by atoms with Gasteiger partial charge in [0.2, 0.25) is 11.8 Å². The molecule has 1 fully saturated rings. The van der Waals surface area contributed by atoms with E-state index in [1.54, 1.807) is 49.3 Å². The molecular formula is C58H59F2N9O5. The van der Waals surface area contributed by atoms with E-state index in [0.717, 1.165) is 76.7 Å². The summed E-state index contributed by atoms with van der Waals surface area (Å²) in [5.41, 5.74) is 10.2. The van der Waals surface area contributed by atoms with Crippen LogP contribution in [-0.4, -0.2) is 70.9 Å². The topological polar surface area (TPSA) is 158 Å². The minimum atomic E-state index is -0.719. The van der Waals surface area contributed by atoms with Gasteiger partial charge >= 0.3 is 5.69 Å². The van der Waals surface area contributed by atoms with Gasteiger partial charge in [0.15, 0.2) is 11.6 Å². The molecule has 2 unspecified atom stereocenters. The molecule has 2 amide bonds. The molecule has 5 aromatic heterocycles. The van der Waals surface area contributed by atoms with Crippen LogP contribution in [0.5, 0.6) is 0 Å². The summed E-state index contributed by atoms with van der Waals surface area (Å²) < 4.78 is 37.3. The number of halogens is 2. The monoisotopic (exact) mass is 999 g/mol. The second-order valence-electron chi connectivity index (χ2n) is 20.0. The van der Waals surface area contributed by atoms with Crippen LogP contribution in [0, 0.1) is 24.5 Å². The number of anilines is 1. The molecule has 7 heterocycles. The minimum absolute atomic E-state index is 0.0632. The lowest BCUT2D eigenvalue weighted by molar-refractivity contribution is -0.135. The van der Waals surface area contributed by atoms with E-state index < -0.39 is 23.6 Å². The summed E-state index contributed by atoms with van der Waals surface area (Å²) in [4.78, 5) is 76.1. The smallest absolute Gasteiger partial charge is 0.329 e. The summed E-state index contributed by atoms with van der Waals surface area (Å²) in [5, 5.41) is 5.80. The molecule has 14 nitrogen and oxygen atoms in total. The normalized spacial score (nSPS) is 18.3. The molecule has 0 radical (unpaired) electrons. The van der Waals surface area contributed by atoms with E-state index in [9.17, 15) is 28.4 Å². The van der Waals surface area contributed by atoms with Gasteiger partial charge in [0.25, 0.3) is 5.56 Å². The van der Waals surface area contributed by atoms with Crippen molar-refractivity contribution in [3.05, 3.63) is 169 Å². The largest absolute Gasteiger partial charge is 0.386 e. The maximum absolute atomic E-state index is 16.1. The van der Waals surface area contributed by atoms with Crippen molar-refractivity contribution in [2.75, 3.05) is 25.5 Å². The number of amides is 2. The third-order valence-electron chi connectivity index (χ3n) is 15.5. The van der Waals surface area contributed by atoms with Crippen LogP contribution >= 0.6 is 0 Å². The molecule has 10 rings (SSSR count). The van der Waals surface area contributed by atoms with Crippen molar-refractivity contribution in [2.45, 2.75) is 84.2 Å². The third kappa shape index (κ3) is 9.38. The first kappa shape index (κ1) is 49.7. The van der Waals surface area contributed by atoms with Gasteiger partial charge in [-0.2, -0.15) is 0 Å². The average molecular weight is 1000 g/mol. The molecule has 1 saturated heterocycles. The van der Waals surface area contributed by atoms with Crippen molar-refractivity contribution >= 4 is 62.1 Å². The summed E-state index contributed by atoms with van der Waals surface area (Å²) in [6, 6.07) is 17.2. The van der Waals surface area contributed by atoms with Crippen LogP contribution in [0.4, 0.5) is 14.5 Å². The number of hydrogen-bond acceptors (Lipinski definition) is 9. The Morgan fingerprint density at radius 2 is 1.70 bits per heavy atom. The van der Waals surface area contributed by atoms with E-state index in [1.165, 1.54) is 33.0 Å². The number of fused-ring (bicyclic) bond motifs is 2. The lowest BCUT2D eigenvalue weighted by atomic mass is 9.91. The zero-order chi connectivity index (χ0) is 52.1. The number of ketones is 1. The molecule has 2 aromatic carbocycles. The number of imide groups is 1. The summed E-state index contributed by atoms with van der Waals surface area (Å²) in [7, 11) is 5.21. The molecule has 0 bridgehead atoms. The molecule has 380 valence electrons. The zero-order valence-corrected chi connectivity index (χ0v) is 42.5. The van der Waals surface area contributed by atoms with Crippen LogP contribution in [0.1, 0.15) is 115 Å². The Morgan fingerprint density at radius 1 is 0.878 bits per heavy atom. The summed E-state index contributed by atoms with van der Waals surface area (Å²) in [5.74, 6) is -1.61. The van der Waals surface area contributed by atoms with Gasteiger partial charge in [0, 0.05) is 87.4 Å². The fourth-order valence-corrected chi connectivity index (χ4v) is 11.3. The second kappa shape index (κ2) is 20.2. The number of carbonyl (C=O) groups is 3. The first-order chi connectivity index (χ1) is 35.6. The van der Waals surface area contributed by atoms with Gasteiger partial charge in [-0.1, -0.05) is 24.3 Å². The Labute approximate surface area is 426 Å². The number of rotatable bonds is 12. The quantitative estimate of drug-likeness (QED) is 0.0692. The van der Waals surface area contributed by atoms with Crippen molar-refractivity contribution in [3.63, 3.8) is 0 Å². The molecule has 7 aromatic rings. The van der Waals surface area contributed by atoms with Gasteiger partial charge in [-0.3, -0.25) is 48.1 Å². The van der Waals surface area contributed by atoms with E-state index in [0.29, 0.717) is 59.8 Å². The van der Waals surface area contributed by atoms with Crippen LogP contribution in [-0.2, 0) is 30.1 Å². The predicted molar refractivity (Wildman–Crippen MR) is 284 cm³/mol. The molecule has 2 aliphatic heterocycles. The molecule has 16 heteroatoms. The van der Waals surface area contributed by atoms with Crippen molar-refractivity contribution in [1.29, 1.82) is 0 Å². The average Bonchev–Trinajstić information content (AvgIpc) is 3.72. The highest BCUT2D eigenvalue weighted by atomic mass is 19.1. The van der Waals surface area contributed by atoms with E-state index in [2.05, 4.69) is 39.6 Å². The highest BCUT2D eigenvalue weighted by Gasteiger charge is 2.32. The van der Waals surface area contributed by atoms with Crippen molar-refractivity contribution in [3.8, 4) is 5.69 Å². The van der Waals surface area contributed by atoms with E-state index in [4.69, 9.17) is 4.98 Å². The highest BCUT2D eigenvalue weighted by molar-refractivity contribution is 6.08. The summed E-state index contributed by atoms with van der Waals surface area (Å²) in [6.07, 6.45) is 16.1. The van der Waals surface area contributed by atoms with Gasteiger partial charge in [0.1, 0.15) is 17.5 Å². The standard InChI is InChI=1S/C58H59F2N9O5/c1-33(40-13-14-45(63-31-40)38-9-7-8-36(10-12-38)26-37-11-15-48-51(27-37)66(6)58(74)69(48)49-16-17-53(71)64-57(49)73)25-52(70)41-24-34(2)55(43(59)28-41)39-19-22-67(23-20-39)35(3)50-29-42-47(18-21-62-56(42)65(50)5)68-32-44(60)46(61-4)30-54(68)72/h9,11,13-15,18-19,21,24-25,27-32,35-36,49,61H,7-8,10,12,16-17,20,22-23,26H2,1-6H3,(H,64,71,73)/t35-,36?,49?/m0/s1. The Hall–Kier alpha value is -7.85. The van der Waals surface area contributed by atoms with Gasteiger partial charge in [-0.15, -0.1) is 0 Å². The van der Waals surface area contributed by atoms with Crippen molar-refractivity contribution in [2.24, 2.45) is 20.0 Å². The Kier molecular flexibility index (Phi) is 13.6. The zero-order valence-electron chi connectivity index (χ0n) is 42.5. The van der Waals surface area contributed by atoms with Gasteiger partial charge in [0.05, 0.1) is 34.3 Å². The van der Waals surface area contributed by atoms with E-state index in [1.807, 2.05) is 61.9 Å². The number of carbonyl (C=O) groups excluding carboxylic acids is 3. The Balaban J connectivity index is 0.762. The van der Waals surface area contributed by atoms with E-state index >= 15 is 4.39 Å². The first-order valence-corrected chi connectivity index (χ1v) is 25.3. The number of allylic oxidation sites excluding steroid dienone is 4. The lowest BCUT2D eigenvalue weighted by Crippen LogP contribution is -2.44. The third-order valence-corrected chi connectivity index (χ3v) is 15.5. The molecule has 74 heavy (non-hydrogen) atoms. The highest BCUT2D eigenvalue weighted by Crippen LogP contribution is 2.36. The Bertz CT molecular complexity index is 3630. The number of piperidine rings is 1. The molecule has 0 saturated carbocycles. The number of aryl methyl sites for hydroxylation is 3. The summed E-state index contributed by atoms with van der Waals surface area (Å²) >= 11 is 0. The number of pyridine rings is 3. The second-order valence-corrected chi connectivity index (χ2v) is 20.0.